The van der Waals surface area contributed by atoms with E-state index in [1.54, 1.807) is 0 Å². The van der Waals surface area contributed by atoms with Gasteiger partial charge in [-0.25, -0.2) is 0 Å². The van der Waals surface area contributed by atoms with Gasteiger partial charge in [0.1, 0.15) is 11.5 Å². The lowest BCUT2D eigenvalue weighted by atomic mass is 9.85. The highest BCUT2D eigenvalue weighted by Crippen LogP contribution is 2.30. The van der Waals surface area contributed by atoms with Crippen molar-refractivity contribution < 1.29 is 9.21 Å². The summed E-state index contributed by atoms with van der Waals surface area (Å²) in [7, 11) is 0. The first kappa shape index (κ1) is 13.1. The Bertz CT molecular complexity index is 423. The lowest BCUT2D eigenvalue weighted by Gasteiger charge is -2.22. The van der Waals surface area contributed by atoms with E-state index in [1.165, 1.54) is 0 Å². The van der Waals surface area contributed by atoms with E-state index in [-0.39, 0.29) is 11.3 Å². The normalized spacial score (nSPS) is 19.9. The van der Waals surface area contributed by atoms with E-state index < -0.39 is 0 Å². The van der Waals surface area contributed by atoms with Crippen LogP contribution in [0.3, 0.4) is 0 Å². The van der Waals surface area contributed by atoms with Crippen LogP contribution in [0, 0.1) is 5.41 Å². The molecule has 0 atom stereocenters. The van der Waals surface area contributed by atoms with Gasteiger partial charge in [0, 0.05) is 13.0 Å². The molecule has 0 bridgehead atoms. The topological polar surface area (TPSA) is 59.5 Å². The van der Waals surface area contributed by atoms with Gasteiger partial charge in [-0.15, -0.1) is 0 Å². The third-order valence-electron chi connectivity index (χ3n) is 3.69. The number of carbonyl (C=O) groups is 1. The van der Waals surface area contributed by atoms with Crippen molar-refractivity contribution in [1.29, 1.82) is 0 Å². The van der Waals surface area contributed by atoms with E-state index in [0.29, 0.717) is 19.5 Å². The second kappa shape index (κ2) is 5.14. The van der Waals surface area contributed by atoms with E-state index in [0.717, 1.165) is 30.9 Å². The highest BCUT2D eigenvalue weighted by atomic mass is 16.3. The third kappa shape index (κ3) is 3.13. The predicted molar refractivity (Wildman–Crippen MR) is 69.6 cm³/mol. The first-order chi connectivity index (χ1) is 8.50. The van der Waals surface area contributed by atoms with Gasteiger partial charge in [0.2, 0.25) is 5.91 Å². The molecule has 0 unspecified atom stereocenters. The van der Waals surface area contributed by atoms with Gasteiger partial charge in [-0.3, -0.25) is 4.79 Å². The molecule has 4 nitrogen and oxygen atoms in total. The monoisotopic (exact) mass is 250 g/mol. The molecule has 1 aliphatic rings. The maximum Gasteiger partial charge on any atom is 0.222 e. The van der Waals surface area contributed by atoms with Crippen LogP contribution in [-0.4, -0.2) is 17.4 Å². The number of furan rings is 1. The van der Waals surface area contributed by atoms with E-state index in [1.807, 2.05) is 17.0 Å². The molecule has 1 aromatic heterocycles. The second-order valence-corrected chi connectivity index (χ2v) is 5.80. The molecule has 1 aliphatic heterocycles. The molecule has 4 heteroatoms. The maximum absolute atomic E-state index is 12.0. The number of carbonyl (C=O) groups excluding carboxylic acids is 1. The average molecular weight is 250 g/mol. The summed E-state index contributed by atoms with van der Waals surface area (Å²) in [5.41, 5.74) is 5.77. The molecule has 1 saturated heterocycles. The molecule has 18 heavy (non-hydrogen) atoms. The molecule has 0 saturated carbocycles. The zero-order valence-corrected chi connectivity index (χ0v) is 11.2. The molecule has 2 rings (SSSR count). The molecule has 1 fully saturated rings. The van der Waals surface area contributed by atoms with Crippen LogP contribution < -0.4 is 5.73 Å². The fourth-order valence-electron chi connectivity index (χ4n) is 2.26. The Labute approximate surface area is 108 Å². The van der Waals surface area contributed by atoms with Crippen LogP contribution >= 0.6 is 0 Å². The van der Waals surface area contributed by atoms with Crippen molar-refractivity contribution in [1.82, 2.24) is 4.90 Å². The Morgan fingerprint density at radius 3 is 2.72 bits per heavy atom. The van der Waals surface area contributed by atoms with Gasteiger partial charge in [0.15, 0.2) is 0 Å². The van der Waals surface area contributed by atoms with Gasteiger partial charge in [-0.2, -0.15) is 0 Å². The highest BCUT2D eigenvalue weighted by Gasteiger charge is 2.27. The molecule has 2 N–H and O–H groups in total. The van der Waals surface area contributed by atoms with Crippen molar-refractivity contribution >= 4 is 5.91 Å². The minimum atomic E-state index is 0.228. The van der Waals surface area contributed by atoms with Crippen molar-refractivity contribution in [2.45, 2.75) is 46.2 Å². The molecular formula is C14H22N2O2. The number of hydrogen-bond acceptors (Lipinski definition) is 3. The summed E-state index contributed by atoms with van der Waals surface area (Å²) in [4.78, 5) is 13.9. The van der Waals surface area contributed by atoms with E-state index in [9.17, 15) is 4.79 Å². The van der Waals surface area contributed by atoms with Crippen LogP contribution in [0.5, 0.6) is 0 Å². The predicted octanol–water partition coefficient (Wildman–Crippen LogP) is 2.28. The van der Waals surface area contributed by atoms with Crippen LogP contribution in [0.2, 0.25) is 0 Å². The van der Waals surface area contributed by atoms with Crippen LogP contribution in [0.1, 0.15) is 44.6 Å². The number of rotatable bonds is 3. The summed E-state index contributed by atoms with van der Waals surface area (Å²) in [6.45, 7) is 6.23. The van der Waals surface area contributed by atoms with Crippen LogP contribution in [0.4, 0.5) is 0 Å². The molecule has 0 spiro atoms. The van der Waals surface area contributed by atoms with Crippen molar-refractivity contribution in [2.75, 3.05) is 6.54 Å². The standard InChI is InChI=1S/C14H22N2O2/c1-14(2)6-5-13(17)16(8-7-14)10-12-4-3-11(9-15)18-12/h3-4H,5-10,15H2,1-2H3. The Kier molecular flexibility index (Phi) is 3.76. The maximum atomic E-state index is 12.0. The highest BCUT2D eigenvalue weighted by molar-refractivity contribution is 5.76. The summed E-state index contributed by atoms with van der Waals surface area (Å²) in [5, 5.41) is 0. The lowest BCUT2D eigenvalue weighted by Crippen LogP contribution is -2.29. The molecule has 2 heterocycles. The first-order valence-electron chi connectivity index (χ1n) is 6.56. The van der Waals surface area contributed by atoms with Gasteiger partial charge in [0.25, 0.3) is 0 Å². The average Bonchev–Trinajstić information content (AvgIpc) is 2.74. The van der Waals surface area contributed by atoms with E-state index >= 15 is 0 Å². The molecule has 0 aromatic carbocycles. The Hall–Kier alpha value is -1.29. The van der Waals surface area contributed by atoms with Crippen LogP contribution in [0.15, 0.2) is 16.5 Å². The number of nitrogens with zero attached hydrogens (tertiary/aromatic N) is 1. The molecule has 1 amide bonds. The number of likely N-dealkylation sites (tertiary alicyclic amines) is 1. The summed E-state index contributed by atoms with van der Waals surface area (Å²) in [6.07, 6.45) is 2.65. The van der Waals surface area contributed by atoms with Gasteiger partial charge in [-0.1, -0.05) is 13.8 Å². The van der Waals surface area contributed by atoms with Gasteiger partial charge < -0.3 is 15.1 Å². The van der Waals surface area contributed by atoms with Crippen molar-refractivity contribution in [3.8, 4) is 0 Å². The Morgan fingerprint density at radius 2 is 2.06 bits per heavy atom. The summed E-state index contributed by atoms with van der Waals surface area (Å²) in [5.74, 6) is 1.82. The Balaban J connectivity index is 2.01. The SMILES string of the molecule is CC1(C)CCC(=O)N(Cc2ccc(CN)o2)CC1. The quantitative estimate of drug-likeness (QED) is 0.895. The van der Waals surface area contributed by atoms with Crippen molar-refractivity contribution in [3.63, 3.8) is 0 Å². The van der Waals surface area contributed by atoms with E-state index in [4.69, 9.17) is 10.2 Å². The smallest absolute Gasteiger partial charge is 0.222 e. The summed E-state index contributed by atoms with van der Waals surface area (Å²) < 4.78 is 5.56. The fraction of sp³-hybridized carbons (Fsp3) is 0.643. The van der Waals surface area contributed by atoms with Crippen LogP contribution in [0.25, 0.3) is 0 Å². The van der Waals surface area contributed by atoms with Crippen molar-refractivity contribution in [3.05, 3.63) is 23.7 Å². The van der Waals surface area contributed by atoms with Gasteiger partial charge in [-0.05, 0) is 30.4 Å². The molecule has 1 aromatic rings. The van der Waals surface area contributed by atoms with Gasteiger partial charge >= 0.3 is 0 Å². The fourth-order valence-corrected chi connectivity index (χ4v) is 2.26. The first-order valence-corrected chi connectivity index (χ1v) is 6.56. The third-order valence-corrected chi connectivity index (χ3v) is 3.69. The number of hydrogen-bond donors (Lipinski definition) is 1. The minimum absolute atomic E-state index is 0.228. The minimum Gasteiger partial charge on any atom is -0.463 e. The zero-order chi connectivity index (χ0) is 13.2. The summed E-state index contributed by atoms with van der Waals surface area (Å²) in [6, 6.07) is 3.78. The summed E-state index contributed by atoms with van der Waals surface area (Å²) >= 11 is 0. The number of nitrogens with two attached hydrogens (primary N) is 1. The van der Waals surface area contributed by atoms with Crippen molar-refractivity contribution in [2.24, 2.45) is 11.1 Å². The molecule has 0 aliphatic carbocycles. The zero-order valence-electron chi connectivity index (χ0n) is 11.2. The van der Waals surface area contributed by atoms with E-state index in [2.05, 4.69) is 13.8 Å². The lowest BCUT2D eigenvalue weighted by molar-refractivity contribution is -0.131. The Morgan fingerprint density at radius 1 is 1.33 bits per heavy atom. The van der Waals surface area contributed by atoms with Gasteiger partial charge in [0.05, 0.1) is 13.1 Å². The second-order valence-electron chi connectivity index (χ2n) is 5.80. The number of amides is 1. The largest absolute Gasteiger partial charge is 0.463 e. The van der Waals surface area contributed by atoms with Crippen LogP contribution in [-0.2, 0) is 17.9 Å². The molecular weight excluding hydrogens is 228 g/mol. The molecule has 0 radical (unpaired) electrons. The molecule has 100 valence electrons.